The summed E-state index contributed by atoms with van der Waals surface area (Å²) in [5.41, 5.74) is -0.708. The first-order valence-corrected chi connectivity index (χ1v) is 6.07. The highest BCUT2D eigenvalue weighted by atomic mass is 16.7. The Balaban J connectivity index is 1.97. The summed E-state index contributed by atoms with van der Waals surface area (Å²) < 4.78 is 4.97. The summed E-state index contributed by atoms with van der Waals surface area (Å²) >= 11 is 0. The third-order valence-corrected chi connectivity index (χ3v) is 3.21. The predicted molar refractivity (Wildman–Crippen MR) is 65.9 cm³/mol. The van der Waals surface area contributed by atoms with Gasteiger partial charge in [-0.2, -0.15) is 0 Å². The van der Waals surface area contributed by atoms with Gasteiger partial charge < -0.3 is 19.6 Å². The number of nitrogens with zero attached hydrogens (tertiary/aromatic N) is 2. The number of hydrogen-bond donors (Lipinski definition) is 1. The maximum atomic E-state index is 11.8. The van der Waals surface area contributed by atoms with Gasteiger partial charge in [-0.3, -0.25) is 0 Å². The van der Waals surface area contributed by atoms with E-state index in [2.05, 4.69) is 11.7 Å². The minimum absolute atomic E-state index is 0.00121. The Morgan fingerprint density at radius 2 is 2.42 bits per heavy atom. The summed E-state index contributed by atoms with van der Waals surface area (Å²) in [5, 5.41) is 12.5. The second-order valence-corrected chi connectivity index (χ2v) is 4.68. The molecule has 0 aliphatic carbocycles. The molecule has 0 aromatic carbocycles. The first kappa shape index (κ1) is 13.4. The Bertz CT molecular complexity index is 434. The standard InChI is InChI=1S/C12H16N2O5/c1-2-6-18-11(17)14-5-3-4-12(8-14)7-9(10(15)16)13-19-12/h2H,1,3-8H2,(H,15,16). The Kier molecular flexibility index (Phi) is 3.73. The molecule has 2 rings (SSSR count). The van der Waals surface area contributed by atoms with Gasteiger partial charge in [0.1, 0.15) is 6.61 Å². The zero-order valence-electron chi connectivity index (χ0n) is 10.5. The van der Waals surface area contributed by atoms with Crippen LogP contribution in [-0.2, 0) is 14.4 Å². The van der Waals surface area contributed by atoms with Crippen LogP contribution in [0.5, 0.6) is 0 Å². The fourth-order valence-corrected chi connectivity index (χ4v) is 2.33. The van der Waals surface area contributed by atoms with Gasteiger partial charge in [0.15, 0.2) is 11.3 Å². The minimum Gasteiger partial charge on any atom is -0.477 e. The average molecular weight is 268 g/mol. The van der Waals surface area contributed by atoms with Crippen LogP contribution in [0.4, 0.5) is 4.79 Å². The molecule has 7 nitrogen and oxygen atoms in total. The number of carboxylic acid groups (broad SMARTS) is 1. The van der Waals surface area contributed by atoms with E-state index < -0.39 is 17.7 Å². The van der Waals surface area contributed by atoms with E-state index in [1.807, 2.05) is 0 Å². The zero-order valence-corrected chi connectivity index (χ0v) is 10.5. The molecule has 1 atom stereocenters. The number of carboxylic acids is 1. The fraction of sp³-hybridized carbons (Fsp3) is 0.583. The van der Waals surface area contributed by atoms with Crippen molar-refractivity contribution in [3.05, 3.63) is 12.7 Å². The molecule has 1 saturated heterocycles. The summed E-state index contributed by atoms with van der Waals surface area (Å²) in [6.07, 6.45) is 2.68. The average Bonchev–Trinajstić information content (AvgIpc) is 2.80. The minimum atomic E-state index is -1.08. The normalized spacial score (nSPS) is 25.7. The number of carbonyl (C=O) groups excluding carboxylic acids is 1. The van der Waals surface area contributed by atoms with Gasteiger partial charge in [-0.05, 0) is 12.8 Å². The van der Waals surface area contributed by atoms with Crippen LogP contribution in [0.25, 0.3) is 0 Å². The van der Waals surface area contributed by atoms with Crippen molar-refractivity contribution >= 4 is 17.8 Å². The van der Waals surface area contributed by atoms with Gasteiger partial charge in [0.05, 0.1) is 6.54 Å². The van der Waals surface area contributed by atoms with E-state index in [-0.39, 0.29) is 18.7 Å². The van der Waals surface area contributed by atoms with Gasteiger partial charge in [-0.15, -0.1) is 0 Å². The first-order chi connectivity index (χ1) is 9.06. The van der Waals surface area contributed by atoms with Crippen molar-refractivity contribution in [2.75, 3.05) is 19.7 Å². The Morgan fingerprint density at radius 1 is 1.63 bits per heavy atom. The molecular formula is C12H16N2O5. The third-order valence-electron chi connectivity index (χ3n) is 3.21. The van der Waals surface area contributed by atoms with Crippen molar-refractivity contribution in [2.24, 2.45) is 5.16 Å². The van der Waals surface area contributed by atoms with Crippen LogP contribution in [0.1, 0.15) is 19.3 Å². The summed E-state index contributed by atoms with van der Waals surface area (Å²) in [7, 11) is 0. The van der Waals surface area contributed by atoms with E-state index in [1.54, 1.807) is 0 Å². The van der Waals surface area contributed by atoms with Crippen molar-refractivity contribution in [3.63, 3.8) is 0 Å². The van der Waals surface area contributed by atoms with E-state index in [9.17, 15) is 9.59 Å². The molecule has 2 aliphatic rings. The second kappa shape index (κ2) is 5.29. The molecule has 1 spiro atoms. The number of aliphatic carboxylic acids is 1. The first-order valence-electron chi connectivity index (χ1n) is 6.07. The monoisotopic (exact) mass is 268 g/mol. The fourth-order valence-electron chi connectivity index (χ4n) is 2.33. The molecule has 1 amide bonds. The number of amides is 1. The number of oxime groups is 1. The molecular weight excluding hydrogens is 252 g/mol. The van der Waals surface area contributed by atoms with Crippen LogP contribution < -0.4 is 0 Å². The lowest BCUT2D eigenvalue weighted by Gasteiger charge is -2.37. The van der Waals surface area contributed by atoms with Crippen LogP contribution in [-0.4, -0.2) is 53.1 Å². The van der Waals surface area contributed by atoms with Crippen molar-refractivity contribution < 1.29 is 24.3 Å². The van der Waals surface area contributed by atoms with Crippen molar-refractivity contribution in [1.29, 1.82) is 0 Å². The number of carbonyl (C=O) groups is 2. The van der Waals surface area contributed by atoms with Gasteiger partial charge in [0.2, 0.25) is 0 Å². The van der Waals surface area contributed by atoms with Gasteiger partial charge >= 0.3 is 12.1 Å². The highest BCUT2D eigenvalue weighted by Gasteiger charge is 2.45. The summed E-state index contributed by atoms with van der Waals surface area (Å²) in [5.74, 6) is -1.08. The molecule has 1 unspecified atom stereocenters. The number of hydrogen-bond acceptors (Lipinski definition) is 5. The van der Waals surface area contributed by atoms with Crippen molar-refractivity contribution in [1.82, 2.24) is 4.90 Å². The Labute approximate surface area is 110 Å². The van der Waals surface area contributed by atoms with Crippen LogP contribution in [0, 0.1) is 0 Å². The number of ether oxygens (including phenoxy) is 1. The van der Waals surface area contributed by atoms with E-state index >= 15 is 0 Å². The molecule has 0 saturated carbocycles. The number of likely N-dealkylation sites (tertiary alicyclic amines) is 1. The van der Waals surface area contributed by atoms with E-state index in [0.717, 1.165) is 6.42 Å². The van der Waals surface area contributed by atoms with E-state index in [4.69, 9.17) is 14.7 Å². The number of piperidine rings is 1. The molecule has 7 heteroatoms. The second-order valence-electron chi connectivity index (χ2n) is 4.68. The molecule has 2 heterocycles. The smallest absolute Gasteiger partial charge is 0.410 e. The molecule has 104 valence electrons. The number of rotatable bonds is 3. The zero-order chi connectivity index (χ0) is 13.9. The van der Waals surface area contributed by atoms with E-state index in [1.165, 1.54) is 11.0 Å². The third kappa shape index (κ3) is 2.86. The largest absolute Gasteiger partial charge is 0.477 e. The van der Waals surface area contributed by atoms with Crippen LogP contribution >= 0.6 is 0 Å². The predicted octanol–water partition coefficient (Wildman–Crippen LogP) is 1.00. The summed E-state index contributed by atoms with van der Waals surface area (Å²) in [6.45, 7) is 4.49. The summed E-state index contributed by atoms with van der Waals surface area (Å²) in [6, 6.07) is 0. The van der Waals surface area contributed by atoms with Crippen LogP contribution in [0.15, 0.2) is 17.8 Å². The van der Waals surface area contributed by atoms with E-state index in [0.29, 0.717) is 19.5 Å². The quantitative estimate of drug-likeness (QED) is 0.771. The SMILES string of the molecule is C=CCOC(=O)N1CCCC2(CC(C(=O)O)=NO2)C1. The molecule has 19 heavy (non-hydrogen) atoms. The molecule has 1 fully saturated rings. The van der Waals surface area contributed by atoms with Gasteiger partial charge in [-0.25, -0.2) is 9.59 Å². The molecule has 0 aromatic heterocycles. The lowest BCUT2D eigenvalue weighted by atomic mass is 9.88. The molecule has 0 aromatic rings. The highest BCUT2D eigenvalue weighted by molar-refractivity contribution is 6.36. The van der Waals surface area contributed by atoms with Crippen molar-refractivity contribution in [3.8, 4) is 0 Å². The molecule has 0 bridgehead atoms. The van der Waals surface area contributed by atoms with Gasteiger partial charge in [-0.1, -0.05) is 17.8 Å². The maximum Gasteiger partial charge on any atom is 0.410 e. The Hall–Kier alpha value is -2.05. The maximum absolute atomic E-state index is 11.8. The highest BCUT2D eigenvalue weighted by Crippen LogP contribution is 2.33. The van der Waals surface area contributed by atoms with Crippen LogP contribution in [0.2, 0.25) is 0 Å². The van der Waals surface area contributed by atoms with Gasteiger partial charge in [0, 0.05) is 13.0 Å². The van der Waals surface area contributed by atoms with Crippen LogP contribution in [0.3, 0.4) is 0 Å². The molecule has 1 N–H and O–H groups in total. The lowest BCUT2D eigenvalue weighted by molar-refractivity contribution is -0.129. The molecule has 0 radical (unpaired) electrons. The van der Waals surface area contributed by atoms with Gasteiger partial charge in [0.25, 0.3) is 0 Å². The van der Waals surface area contributed by atoms with Crippen molar-refractivity contribution in [2.45, 2.75) is 24.9 Å². The topological polar surface area (TPSA) is 88.4 Å². The molecule has 2 aliphatic heterocycles. The lowest BCUT2D eigenvalue weighted by Crippen LogP contribution is -2.50. The summed E-state index contributed by atoms with van der Waals surface area (Å²) in [4.78, 5) is 29.4. The Morgan fingerprint density at radius 3 is 3.05 bits per heavy atom.